The van der Waals surface area contributed by atoms with Gasteiger partial charge in [-0.1, -0.05) is 19.1 Å². The highest BCUT2D eigenvalue weighted by Gasteiger charge is 2.15. The smallest absolute Gasteiger partial charge is 0.191 e. The summed E-state index contributed by atoms with van der Waals surface area (Å²) in [5, 5.41) is 15.4. The van der Waals surface area contributed by atoms with Crippen LogP contribution in [0.25, 0.3) is 0 Å². The van der Waals surface area contributed by atoms with Gasteiger partial charge in [0.25, 0.3) is 0 Å². The zero-order valence-corrected chi connectivity index (χ0v) is 20.0. The molecule has 1 aliphatic rings. The third-order valence-corrected chi connectivity index (χ3v) is 5.21. The number of aliphatic imine (C=N–C) groups is 1. The molecule has 2 N–H and O–H groups in total. The van der Waals surface area contributed by atoms with Crippen LogP contribution in [0.3, 0.4) is 0 Å². The lowest BCUT2D eigenvalue weighted by molar-refractivity contribution is 0.414. The number of hydrogen-bond acceptors (Lipinski definition) is 4. The molecular weight excluding hydrogens is 479 g/mol. The maximum absolute atomic E-state index is 5.23. The van der Waals surface area contributed by atoms with Crippen LogP contribution in [0.4, 0.5) is 0 Å². The molecule has 1 unspecified atom stereocenters. The summed E-state index contributed by atoms with van der Waals surface area (Å²) in [6.45, 7) is 7.58. The number of fused-ring (bicyclic) bond motifs is 1. The molecule has 1 aromatic heterocycles. The topological polar surface area (TPSA) is 76.4 Å². The number of benzene rings is 1. The van der Waals surface area contributed by atoms with Gasteiger partial charge >= 0.3 is 0 Å². The van der Waals surface area contributed by atoms with Crippen molar-refractivity contribution < 1.29 is 4.74 Å². The van der Waals surface area contributed by atoms with E-state index in [1.54, 1.807) is 7.11 Å². The van der Waals surface area contributed by atoms with Crippen molar-refractivity contribution in [3.63, 3.8) is 0 Å². The molecule has 7 nitrogen and oxygen atoms in total. The Hall–Kier alpha value is -1.84. The average molecular weight is 512 g/mol. The Kier molecular flexibility index (Phi) is 9.69. The fraction of sp³-hybridized carbons (Fsp3) is 0.571. The standard InChI is InChI=1S/C21H32N6O.HI/c1-4-22-21(24-15-20-26-25-19-7-5-6-14-27(19)20)23-13-12-16(2)17-8-10-18(28-3)11-9-17;/h8-11,16H,4-7,12-15H2,1-3H3,(H2,22,23,24);1H. The Morgan fingerprint density at radius 1 is 1.21 bits per heavy atom. The minimum atomic E-state index is 0. The monoisotopic (exact) mass is 512 g/mol. The highest BCUT2D eigenvalue weighted by Crippen LogP contribution is 2.21. The number of ether oxygens (including phenoxy) is 1. The molecule has 2 aromatic rings. The van der Waals surface area contributed by atoms with Gasteiger partial charge in [-0.15, -0.1) is 34.2 Å². The lowest BCUT2D eigenvalue weighted by atomic mass is 9.98. The molecule has 0 bridgehead atoms. The molecule has 0 spiro atoms. The summed E-state index contributed by atoms with van der Waals surface area (Å²) in [5.74, 6) is 4.25. The molecule has 0 saturated carbocycles. The van der Waals surface area contributed by atoms with E-state index in [9.17, 15) is 0 Å². The minimum Gasteiger partial charge on any atom is -0.497 e. The molecule has 3 rings (SSSR count). The largest absolute Gasteiger partial charge is 0.497 e. The molecule has 0 aliphatic carbocycles. The molecule has 0 saturated heterocycles. The number of methoxy groups -OCH3 is 1. The first-order valence-electron chi connectivity index (χ1n) is 10.3. The van der Waals surface area contributed by atoms with Gasteiger partial charge in [0.05, 0.1) is 7.11 Å². The molecule has 29 heavy (non-hydrogen) atoms. The first-order chi connectivity index (χ1) is 13.7. The molecule has 1 aromatic carbocycles. The molecule has 0 amide bonds. The van der Waals surface area contributed by atoms with Crippen LogP contribution in [0.15, 0.2) is 29.3 Å². The van der Waals surface area contributed by atoms with E-state index < -0.39 is 0 Å². The SMILES string of the molecule is CCNC(=NCc1nnc2n1CCCC2)NCCC(C)c1ccc(OC)cc1.I. The number of aryl methyl sites for hydroxylation is 1. The van der Waals surface area contributed by atoms with Crippen molar-refractivity contribution in [2.24, 2.45) is 4.99 Å². The second-order valence-electron chi connectivity index (χ2n) is 7.23. The van der Waals surface area contributed by atoms with Crippen LogP contribution in [0.1, 0.15) is 56.2 Å². The number of aromatic nitrogens is 3. The van der Waals surface area contributed by atoms with Crippen molar-refractivity contribution >= 4 is 29.9 Å². The third kappa shape index (κ3) is 6.58. The van der Waals surface area contributed by atoms with Gasteiger partial charge in [0.2, 0.25) is 0 Å². The summed E-state index contributed by atoms with van der Waals surface area (Å²) in [6, 6.07) is 8.31. The second-order valence-corrected chi connectivity index (χ2v) is 7.23. The molecule has 8 heteroatoms. The predicted molar refractivity (Wildman–Crippen MR) is 127 cm³/mol. The van der Waals surface area contributed by atoms with Crippen molar-refractivity contribution in [2.75, 3.05) is 20.2 Å². The van der Waals surface area contributed by atoms with Crippen LogP contribution in [0.2, 0.25) is 0 Å². The van der Waals surface area contributed by atoms with E-state index in [1.165, 1.54) is 18.4 Å². The first-order valence-corrected chi connectivity index (χ1v) is 10.3. The Balaban J connectivity index is 0.00000300. The second kappa shape index (κ2) is 12.0. The predicted octanol–water partition coefficient (Wildman–Crippen LogP) is 3.49. The average Bonchev–Trinajstić information content (AvgIpc) is 3.15. The van der Waals surface area contributed by atoms with Gasteiger partial charge in [-0.25, -0.2) is 4.99 Å². The lowest BCUT2D eigenvalue weighted by Gasteiger charge is -2.16. The van der Waals surface area contributed by atoms with Crippen LogP contribution in [-0.2, 0) is 19.5 Å². The van der Waals surface area contributed by atoms with Gasteiger partial charge in [-0.05, 0) is 49.8 Å². The van der Waals surface area contributed by atoms with Gasteiger partial charge in [0.1, 0.15) is 18.1 Å². The van der Waals surface area contributed by atoms with E-state index in [1.807, 2.05) is 12.1 Å². The lowest BCUT2D eigenvalue weighted by Crippen LogP contribution is -2.38. The van der Waals surface area contributed by atoms with Crippen molar-refractivity contribution in [3.05, 3.63) is 41.5 Å². The highest BCUT2D eigenvalue weighted by molar-refractivity contribution is 14.0. The molecule has 1 atom stereocenters. The normalized spacial score (nSPS) is 14.5. The molecular formula is C21H33IN6O. The van der Waals surface area contributed by atoms with E-state index in [-0.39, 0.29) is 24.0 Å². The Bertz CT molecular complexity index is 774. The van der Waals surface area contributed by atoms with Crippen molar-refractivity contribution in [2.45, 2.75) is 58.5 Å². The van der Waals surface area contributed by atoms with Crippen LogP contribution in [0, 0.1) is 0 Å². The Morgan fingerprint density at radius 3 is 2.72 bits per heavy atom. The third-order valence-electron chi connectivity index (χ3n) is 5.21. The van der Waals surface area contributed by atoms with E-state index in [4.69, 9.17) is 9.73 Å². The summed E-state index contributed by atoms with van der Waals surface area (Å²) in [6.07, 6.45) is 4.46. The highest BCUT2D eigenvalue weighted by atomic mass is 127. The number of rotatable bonds is 8. The van der Waals surface area contributed by atoms with Gasteiger partial charge in [0.15, 0.2) is 11.8 Å². The van der Waals surface area contributed by atoms with Crippen LogP contribution < -0.4 is 15.4 Å². The number of nitrogens with zero attached hydrogens (tertiary/aromatic N) is 4. The van der Waals surface area contributed by atoms with Crippen LogP contribution >= 0.6 is 24.0 Å². The fourth-order valence-electron chi connectivity index (χ4n) is 3.48. The summed E-state index contributed by atoms with van der Waals surface area (Å²) < 4.78 is 7.46. The first kappa shape index (κ1) is 23.4. The summed E-state index contributed by atoms with van der Waals surface area (Å²) >= 11 is 0. The molecule has 0 fully saturated rings. The van der Waals surface area contributed by atoms with Crippen molar-refractivity contribution in [1.29, 1.82) is 0 Å². The van der Waals surface area contributed by atoms with Crippen molar-refractivity contribution in [1.82, 2.24) is 25.4 Å². The number of halogens is 1. The zero-order chi connectivity index (χ0) is 19.8. The van der Waals surface area contributed by atoms with Crippen LogP contribution in [-0.4, -0.2) is 40.9 Å². The summed E-state index contributed by atoms with van der Waals surface area (Å²) in [4.78, 5) is 4.71. The minimum absolute atomic E-state index is 0. The maximum atomic E-state index is 5.23. The van der Waals surface area contributed by atoms with Crippen molar-refractivity contribution in [3.8, 4) is 5.75 Å². The molecule has 1 aliphatic heterocycles. The number of nitrogens with one attached hydrogen (secondary N) is 2. The van der Waals surface area contributed by atoms with E-state index in [0.717, 1.165) is 55.8 Å². The zero-order valence-electron chi connectivity index (χ0n) is 17.6. The van der Waals surface area contributed by atoms with Gasteiger partial charge < -0.3 is 19.9 Å². The Morgan fingerprint density at radius 2 is 2.00 bits per heavy atom. The summed E-state index contributed by atoms with van der Waals surface area (Å²) in [7, 11) is 1.69. The van der Waals surface area contributed by atoms with E-state index >= 15 is 0 Å². The Labute approximate surface area is 190 Å². The quantitative estimate of drug-likeness (QED) is 0.322. The van der Waals surface area contributed by atoms with E-state index in [2.05, 4.69) is 51.4 Å². The fourth-order valence-corrected chi connectivity index (χ4v) is 3.48. The molecule has 2 heterocycles. The van der Waals surface area contributed by atoms with E-state index in [0.29, 0.717) is 12.5 Å². The van der Waals surface area contributed by atoms with Gasteiger partial charge in [-0.2, -0.15) is 0 Å². The van der Waals surface area contributed by atoms with Crippen LogP contribution in [0.5, 0.6) is 5.75 Å². The molecule has 0 radical (unpaired) electrons. The molecule has 160 valence electrons. The number of guanidine groups is 1. The van der Waals surface area contributed by atoms with Gasteiger partial charge in [0, 0.05) is 26.1 Å². The number of hydrogen-bond donors (Lipinski definition) is 2. The van der Waals surface area contributed by atoms with Gasteiger partial charge in [-0.3, -0.25) is 0 Å². The maximum Gasteiger partial charge on any atom is 0.191 e. The summed E-state index contributed by atoms with van der Waals surface area (Å²) in [5.41, 5.74) is 1.32.